The van der Waals surface area contributed by atoms with Crippen molar-refractivity contribution in [2.75, 3.05) is 0 Å². The number of benzene rings is 2. The van der Waals surface area contributed by atoms with Crippen LogP contribution in [0.1, 0.15) is 16.8 Å². The molecule has 0 saturated heterocycles. The summed E-state index contributed by atoms with van der Waals surface area (Å²) < 4.78 is 6.12. The first-order valence-electron chi connectivity index (χ1n) is 9.28. The maximum absolute atomic E-state index is 13.2. The molecular weight excluding hydrogens is 368 g/mol. The van der Waals surface area contributed by atoms with Crippen molar-refractivity contribution < 1.29 is 9.21 Å². The van der Waals surface area contributed by atoms with E-state index in [0.717, 1.165) is 33.6 Å². The van der Waals surface area contributed by atoms with Crippen molar-refractivity contribution in [1.29, 1.82) is 0 Å². The summed E-state index contributed by atoms with van der Waals surface area (Å²) in [6.07, 6.45) is 13.0. The highest BCUT2D eigenvalue weighted by molar-refractivity contribution is 6.31. The summed E-state index contributed by atoms with van der Waals surface area (Å²) in [6.45, 7) is 0. The second-order valence-electron chi connectivity index (χ2n) is 7.02. The molecule has 0 spiro atoms. The minimum absolute atomic E-state index is 0.0434. The van der Waals surface area contributed by atoms with Crippen LogP contribution in [0.15, 0.2) is 88.4 Å². The van der Waals surface area contributed by atoms with Crippen molar-refractivity contribution >= 4 is 40.5 Å². The largest absolute Gasteiger partial charge is 0.456 e. The van der Waals surface area contributed by atoms with Crippen molar-refractivity contribution in [3.05, 3.63) is 105 Å². The second-order valence-corrected chi connectivity index (χ2v) is 7.45. The Hall–Kier alpha value is -3.10. The SMILES string of the molecule is O=C(C1=CC=CC=C2CC=c3c(oc4cc(Cl)ccc34)=CC21)c1ccccc1. The van der Waals surface area contributed by atoms with E-state index in [1.54, 1.807) is 0 Å². The van der Waals surface area contributed by atoms with Crippen LogP contribution in [0.5, 0.6) is 0 Å². The molecule has 1 aromatic heterocycles. The molecule has 0 bridgehead atoms. The molecule has 2 nitrogen and oxygen atoms in total. The Morgan fingerprint density at radius 3 is 2.71 bits per heavy atom. The number of Topliss-reactive ketones (excluding diaryl/α,β-unsaturated/α-hetero) is 1. The topological polar surface area (TPSA) is 30.2 Å². The van der Waals surface area contributed by atoms with Crippen LogP contribution in [-0.4, -0.2) is 5.78 Å². The van der Waals surface area contributed by atoms with Gasteiger partial charge in [-0.05, 0) is 24.6 Å². The summed E-state index contributed by atoms with van der Waals surface area (Å²) >= 11 is 6.13. The zero-order valence-electron chi connectivity index (χ0n) is 15.1. The Bertz CT molecular complexity index is 1300. The number of furan rings is 1. The van der Waals surface area contributed by atoms with E-state index in [0.29, 0.717) is 10.6 Å². The predicted molar refractivity (Wildman–Crippen MR) is 114 cm³/mol. The molecule has 2 aromatic carbocycles. The minimum atomic E-state index is -0.128. The highest BCUT2D eigenvalue weighted by Crippen LogP contribution is 2.31. The van der Waals surface area contributed by atoms with E-state index in [1.807, 2.05) is 66.8 Å². The van der Waals surface area contributed by atoms with Crippen LogP contribution in [0.4, 0.5) is 0 Å². The van der Waals surface area contributed by atoms with Crippen LogP contribution >= 0.6 is 11.6 Å². The lowest BCUT2D eigenvalue weighted by Crippen LogP contribution is -2.21. The molecule has 28 heavy (non-hydrogen) atoms. The Balaban J connectivity index is 1.69. The van der Waals surface area contributed by atoms with E-state index in [-0.39, 0.29) is 11.7 Å². The van der Waals surface area contributed by atoms with Gasteiger partial charge in [-0.1, -0.05) is 77.9 Å². The number of fused-ring (bicyclic) bond motifs is 4. The number of rotatable bonds is 2. The van der Waals surface area contributed by atoms with Gasteiger partial charge in [0.25, 0.3) is 0 Å². The van der Waals surface area contributed by atoms with Crippen LogP contribution in [-0.2, 0) is 0 Å². The fourth-order valence-electron chi connectivity index (χ4n) is 3.93. The van der Waals surface area contributed by atoms with Crippen LogP contribution in [0.3, 0.4) is 0 Å². The molecule has 0 saturated carbocycles. The maximum Gasteiger partial charge on any atom is 0.189 e. The Morgan fingerprint density at radius 2 is 1.86 bits per heavy atom. The highest BCUT2D eigenvalue weighted by Gasteiger charge is 2.25. The zero-order valence-corrected chi connectivity index (χ0v) is 15.8. The van der Waals surface area contributed by atoms with E-state index in [9.17, 15) is 4.79 Å². The molecule has 2 aliphatic rings. The van der Waals surface area contributed by atoms with E-state index in [2.05, 4.69) is 18.2 Å². The predicted octanol–water partition coefficient (Wildman–Crippen LogP) is 4.97. The third-order valence-electron chi connectivity index (χ3n) is 5.31. The summed E-state index contributed by atoms with van der Waals surface area (Å²) in [5.74, 6) is -0.0851. The van der Waals surface area contributed by atoms with Gasteiger partial charge in [0.1, 0.15) is 11.0 Å². The Morgan fingerprint density at radius 1 is 1.04 bits per heavy atom. The molecule has 0 N–H and O–H groups in total. The van der Waals surface area contributed by atoms with Crippen molar-refractivity contribution in [2.45, 2.75) is 6.42 Å². The first kappa shape index (κ1) is 17.0. The van der Waals surface area contributed by atoms with Crippen molar-refractivity contribution in [1.82, 2.24) is 0 Å². The van der Waals surface area contributed by atoms with Gasteiger partial charge in [0, 0.05) is 38.7 Å². The summed E-state index contributed by atoms with van der Waals surface area (Å²) in [5, 5.41) is 2.76. The molecule has 0 fully saturated rings. The first-order chi connectivity index (χ1) is 13.7. The van der Waals surface area contributed by atoms with Crippen LogP contribution in [0.2, 0.25) is 5.02 Å². The van der Waals surface area contributed by atoms with Gasteiger partial charge in [-0.15, -0.1) is 0 Å². The van der Waals surface area contributed by atoms with Gasteiger partial charge in [-0.3, -0.25) is 4.79 Å². The molecule has 1 unspecified atom stereocenters. The van der Waals surface area contributed by atoms with Crippen LogP contribution < -0.4 is 10.6 Å². The number of carbonyl (C=O) groups is 1. The van der Waals surface area contributed by atoms with Gasteiger partial charge >= 0.3 is 0 Å². The molecule has 136 valence electrons. The number of ketones is 1. The number of allylic oxidation sites excluding steroid dienone is 6. The van der Waals surface area contributed by atoms with Gasteiger partial charge < -0.3 is 4.42 Å². The van der Waals surface area contributed by atoms with E-state index >= 15 is 0 Å². The Labute approximate surface area is 167 Å². The molecule has 2 aliphatic carbocycles. The van der Waals surface area contributed by atoms with Gasteiger partial charge in [0.2, 0.25) is 0 Å². The summed E-state index contributed by atoms with van der Waals surface area (Å²) in [7, 11) is 0. The minimum Gasteiger partial charge on any atom is -0.456 e. The first-order valence-corrected chi connectivity index (χ1v) is 9.66. The van der Waals surface area contributed by atoms with E-state index in [4.69, 9.17) is 16.0 Å². The van der Waals surface area contributed by atoms with Crippen LogP contribution in [0, 0.1) is 5.92 Å². The smallest absolute Gasteiger partial charge is 0.189 e. The quantitative estimate of drug-likeness (QED) is 0.584. The molecule has 0 amide bonds. The lowest BCUT2D eigenvalue weighted by molar-refractivity contribution is 0.102. The van der Waals surface area contributed by atoms with E-state index in [1.165, 1.54) is 5.57 Å². The number of halogens is 1. The summed E-state index contributed by atoms with van der Waals surface area (Å²) in [4.78, 5) is 13.2. The van der Waals surface area contributed by atoms with Crippen molar-refractivity contribution in [3.8, 4) is 0 Å². The normalized spacial score (nSPS) is 18.0. The monoisotopic (exact) mass is 384 g/mol. The molecular formula is C25H17ClO2. The second kappa shape index (κ2) is 6.81. The molecule has 0 radical (unpaired) electrons. The molecule has 1 atom stereocenters. The molecule has 3 heteroatoms. The number of hydrogen-bond acceptors (Lipinski definition) is 2. The maximum atomic E-state index is 13.2. The molecule has 5 rings (SSSR count). The van der Waals surface area contributed by atoms with Gasteiger partial charge in [0.15, 0.2) is 5.78 Å². The van der Waals surface area contributed by atoms with Crippen LogP contribution in [0.25, 0.3) is 23.1 Å². The Kier molecular flexibility index (Phi) is 4.14. The third-order valence-corrected chi connectivity index (χ3v) is 5.54. The lowest BCUT2D eigenvalue weighted by Gasteiger charge is -2.17. The average Bonchev–Trinajstić information content (AvgIpc) is 2.83. The number of hydrogen-bond donors (Lipinski definition) is 0. The fourth-order valence-corrected chi connectivity index (χ4v) is 4.09. The van der Waals surface area contributed by atoms with Crippen molar-refractivity contribution in [3.63, 3.8) is 0 Å². The number of carbonyl (C=O) groups excluding carboxylic acids is 1. The zero-order chi connectivity index (χ0) is 19.1. The molecule has 1 heterocycles. The van der Waals surface area contributed by atoms with E-state index < -0.39 is 0 Å². The van der Waals surface area contributed by atoms with Gasteiger partial charge in [-0.25, -0.2) is 0 Å². The average molecular weight is 385 g/mol. The summed E-state index contributed by atoms with van der Waals surface area (Å²) in [6, 6.07) is 15.1. The van der Waals surface area contributed by atoms with Crippen molar-refractivity contribution in [2.24, 2.45) is 5.92 Å². The fraction of sp³-hybridized carbons (Fsp3) is 0.0800. The van der Waals surface area contributed by atoms with Gasteiger partial charge in [-0.2, -0.15) is 0 Å². The molecule has 0 aliphatic heterocycles. The van der Waals surface area contributed by atoms with Gasteiger partial charge in [0.05, 0.1) is 0 Å². The summed E-state index contributed by atoms with van der Waals surface area (Å²) in [5.41, 5.74) is 4.19. The molecule has 3 aromatic rings. The lowest BCUT2D eigenvalue weighted by atomic mass is 9.85. The highest BCUT2D eigenvalue weighted by atomic mass is 35.5. The third kappa shape index (κ3) is 2.87. The standard InChI is InChI=1S/C25H17ClO2/c26-18-11-13-20-19-12-10-16-6-4-5-9-21(25(27)17-7-2-1-3-8-17)22(16)15-24(19)28-23(20)14-18/h1-9,11-15,22H,10H2.